The minimum Gasteiger partial charge on any atom is -0.318 e. The molecule has 0 saturated heterocycles. The SMILES string of the molecule is Cc1ccc(S(=O)(=O)N(CC(=O)N/N=C/c2cc(C)n(-c3cccc(Cl)c3)c2C)c2ccc(Cl)c(C(F)(F)F)c2)cc1. The van der Waals surface area contributed by atoms with Gasteiger partial charge in [0.15, 0.2) is 0 Å². The maximum atomic E-state index is 13.6. The van der Waals surface area contributed by atoms with E-state index in [-0.39, 0.29) is 4.90 Å². The second-order valence-corrected chi connectivity index (χ2v) is 12.1. The molecule has 0 saturated carbocycles. The third-order valence-corrected chi connectivity index (χ3v) is 8.72. The Morgan fingerprint density at radius 1 is 1.00 bits per heavy atom. The van der Waals surface area contributed by atoms with Crippen molar-refractivity contribution in [3.8, 4) is 5.69 Å². The van der Waals surface area contributed by atoms with E-state index < -0.39 is 44.9 Å². The van der Waals surface area contributed by atoms with Gasteiger partial charge in [-0.1, -0.05) is 47.0 Å². The van der Waals surface area contributed by atoms with Gasteiger partial charge in [0.2, 0.25) is 0 Å². The fraction of sp³-hybridized carbons (Fsp3) is 0.172. The molecule has 1 heterocycles. The van der Waals surface area contributed by atoms with Gasteiger partial charge in [0.25, 0.3) is 15.9 Å². The van der Waals surface area contributed by atoms with E-state index in [2.05, 4.69) is 10.5 Å². The first-order valence-corrected chi connectivity index (χ1v) is 14.6. The minimum absolute atomic E-state index is 0.207. The molecule has 220 valence electrons. The minimum atomic E-state index is -4.85. The number of benzene rings is 3. The number of alkyl halides is 3. The van der Waals surface area contributed by atoms with Gasteiger partial charge in [-0.3, -0.25) is 9.10 Å². The van der Waals surface area contributed by atoms with Crippen LogP contribution in [0.3, 0.4) is 0 Å². The molecule has 0 spiro atoms. The lowest BCUT2D eigenvalue weighted by atomic mass is 10.2. The number of carbonyl (C=O) groups is 1. The van der Waals surface area contributed by atoms with Crippen molar-refractivity contribution in [1.82, 2.24) is 9.99 Å². The molecule has 42 heavy (non-hydrogen) atoms. The second-order valence-electron chi connectivity index (χ2n) is 9.42. The van der Waals surface area contributed by atoms with Crippen LogP contribution < -0.4 is 9.73 Å². The molecule has 4 rings (SSSR count). The number of anilines is 1. The summed E-state index contributed by atoms with van der Waals surface area (Å²) in [6.45, 7) is 4.64. The van der Waals surface area contributed by atoms with Gasteiger partial charge in [0.05, 0.1) is 27.4 Å². The summed E-state index contributed by atoms with van der Waals surface area (Å²) >= 11 is 11.9. The number of hydrogen-bond acceptors (Lipinski definition) is 4. The van der Waals surface area contributed by atoms with Gasteiger partial charge >= 0.3 is 6.18 Å². The highest BCUT2D eigenvalue weighted by Crippen LogP contribution is 2.38. The summed E-state index contributed by atoms with van der Waals surface area (Å²) in [7, 11) is -4.47. The largest absolute Gasteiger partial charge is 0.417 e. The predicted molar refractivity (Wildman–Crippen MR) is 158 cm³/mol. The molecule has 7 nitrogen and oxygen atoms in total. The molecule has 1 N–H and O–H groups in total. The predicted octanol–water partition coefficient (Wildman–Crippen LogP) is 7.07. The van der Waals surface area contributed by atoms with Crippen molar-refractivity contribution in [2.75, 3.05) is 10.8 Å². The maximum Gasteiger partial charge on any atom is 0.417 e. The standard InChI is InChI=1S/C29H25Cl2F3N4O3S/c1-18-7-10-25(11-8-18)42(40,41)37(23-9-12-27(31)26(15-23)29(32,33)34)17-28(39)36-35-16-21-13-19(2)38(20(21)3)24-6-4-5-22(30)14-24/h4-16H,17H2,1-3H3,(H,36,39)/b35-16+. The normalized spacial score (nSPS) is 12.1. The Hall–Kier alpha value is -3.80. The van der Waals surface area contributed by atoms with Crippen LogP contribution in [0.4, 0.5) is 18.9 Å². The number of amides is 1. The third-order valence-electron chi connectivity index (χ3n) is 6.37. The first-order valence-electron chi connectivity index (χ1n) is 12.4. The molecule has 0 fully saturated rings. The highest BCUT2D eigenvalue weighted by atomic mass is 35.5. The van der Waals surface area contributed by atoms with E-state index in [4.69, 9.17) is 23.2 Å². The molecule has 3 aromatic carbocycles. The van der Waals surface area contributed by atoms with Gasteiger partial charge in [-0.05, 0) is 75.4 Å². The number of hydrogen-bond donors (Lipinski definition) is 1. The van der Waals surface area contributed by atoms with Gasteiger partial charge in [-0.2, -0.15) is 18.3 Å². The van der Waals surface area contributed by atoms with E-state index in [1.54, 1.807) is 19.1 Å². The monoisotopic (exact) mass is 636 g/mol. The molecular weight excluding hydrogens is 612 g/mol. The third kappa shape index (κ3) is 6.80. The van der Waals surface area contributed by atoms with Crippen LogP contribution >= 0.6 is 23.2 Å². The molecule has 0 aliphatic heterocycles. The van der Waals surface area contributed by atoms with Crippen LogP contribution in [0.5, 0.6) is 0 Å². The summed E-state index contributed by atoms with van der Waals surface area (Å²) in [5.74, 6) is -0.880. The lowest BCUT2D eigenvalue weighted by Crippen LogP contribution is -2.39. The number of carbonyl (C=O) groups excluding carboxylic acids is 1. The van der Waals surface area contributed by atoms with Crippen molar-refractivity contribution < 1.29 is 26.4 Å². The molecule has 13 heteroatoms. The molecule has 1 aromatic heterocycles. The Balaban J connectivity index is 1.62. The lowest BCUT2D eigenvalue weighted by molar-refractivity contribution is -0.137. The highest BCUT2D eigenvalue weighted by molar-refractivity contribution is 7.92. The molecule has 0 aliphatic carbocycles. The Morgan fingerprint density at radius 3 is 2.33 bits per heavy atom. The number of nitrogens with zero attached hydrogens (tertiary/aromatic N) is 3. The average molecular weight is 638 g/mol. The van der Waals surface area contributed by atoms with Crippen molar-refractivity contribution in [3.63, 3.8) is 0 Å². The smallest absolute Gasteiger partial charge is 0.318 e. The number of hydrazone groups is 1. The molecule has 0 atom stereocenters. The first kappa shape index (κ1) is 31.1. The maximum absolute atomic E-state index is 13.6. The van der Waals surface area contributed by atoms with Crippen molar-refractivity contribution in [1.29, 1.82) is 0 Å². The zero-order valence-corrected chi connectivity index (χ0v) is 24.9. The van der Waals surface area contributed by atoms with E-state index in [1.807, 2.05) is 36.6 Å². The summed E-state index contributed by atoms with van der Waals surface area (Å²) in [6, 6.07) is 17.4. The van der Waals surface area contributed by atoms with Gasteiger partial charge in [-0.25, -0.2) is 13.8 Å². The number of aromatic nitrogens is 1. The number of halogens is 5. The molecule has 0 aliphatic rings. The number of aryl methyl sites for hydroxylation is 2. The number of rotatable bonds is 8. The van der Waals surface area contributed by atoms with Gasteiger partial charge < -0.3 is 4.57 Å². The van der Waals surface area contributed by atoms with Crippen LogP contribution in [0.2, 0.25) is 10.0 Å². The van der Waals surface area contributed by atoms with Crippen molar-refractivity contribution in [3.05, 3.63) is 111 Å². The number of nitrogens with one attached hydrogen (secondary N) is 1. The summed E-state index contributed by atoms with van der Waals surface area (Å²) in [5.41, 5.74) is 4.60. The van der Waals surface area contributed by atoms with Crippen LogP contribution in [-0.2, 0) is 21.0 Å². The van der Waals surface area contributed by atoms with E-state index in [9.17, 15) is 26.4 Å². The van der Waals surface area contributed by atoms with Crippen molar-refractivity contribution in [2.24, 2.45) is 5.10 Å². The van der Waals surface area contributed by atoms with Gasteiger partial charge in [0, 0.05) is 27.7 Å². The fourth-order valence-corrected chi connectivity index (χ4v) is 6.13. The van der Waals surface area contributed by atoms with Gasteiger partial charge in [0.1, 0.15) is 6.54 Å². The zero-order valence-electron chi connectivity index (χ0n) is 22.6. The molecule has 0 radical (unpaired) electrons. The van der Waals surface area contributed by atoms with E-state index in [1.165, 1.54) is 30.5 Å². The van der Waals surface area contributed by atoms with Crippen LogP contribution in [-0.4, -0.2) is 31.7 Å². The van der Waals surface area contributed by atoms with E-state index >= 15 is 0 Å². The zero-order chi connectivity index (χ0) is 30.8. The summed E-state index contributed by atoms with van der Waals surface area (Å²) < 4.78 is 70.4. The molecule has 0 bridgehead atoms. The van der Waals surface area contributed by atoms with Gasteiger partial charge in [-0.15, -0.1) is 0 Å². The van der Waals surface area contributed by atoms with Crippen LogP contribution in [0.25, 0.3) is 5.69 Å². The van der Waals surface area contributed by atoms with E-state index in [0.717, 1.165) is 34.8 Å². The van der Waals surface area contributed by atoms with Crippen LogP contribution in [0.1, 0.15) is 28.1 Å². The van der Waals surface area contributed by atoms with E-state index in [0.29, 0.717) is 21.0 Å². The molecular formula is C29H25Cl2F3N4O3S. The van der Waals surface area contributed by atoms with Crippen LogP contribution in [0, 0.1) is 20.8 Å². The molecule has 1 amide bonds. The number of sulfonamides is 1. The Kier molecular flexibility index (Phi) is 9.05. The first-order chi connectivity index (χ1) is 19.7. The lowest BCUT2D eigenvalue weighted by Gasteiger charge is -2.25. The average Bonchev–Trinajstić information content (AvgIpc) is 3.19. The topological polar surface area (TPSA) is 83.8 Å². The highest BCUT2D eigenvalue weighted by Gasteiger charge is 2.35. The van der Waals surface area contributed by atoms with Crippen LogP contribution in [0.15, 0.2) is 82.8 Å². The summed E-state index contributed by atoms with van der Waals surface area (Å²) in [4.78, 5) is 12.7. The summed E-state index contributed by atoms with van der Waals surface area (Å²) in [6.07, 6.45) is -3.46. The second kappa shape index (κ2) is 12.2. The van der Waals surface area contributed by atoms with Crippen molar-refractivity contribution in [2.45, 2.75) is 31.8 Å². The summed E-state index contributed by atoms with van der Waals surface area (Å²) in [5, 5.41) is 3.92. The molecule has 4 aromatic rings. The quantitative estimate of drug-likeness (QED) is 0.166. The Labute approximate surface area is 251 Å². The Bertz CT molecular complexity index is 1770. The fourth-order valence-electron chi connectivity index (χ4n) is 4.31. The Morgan fingerprint density at radius 2 is 1.69 bits per heavy atom. The molecule has 0 unspecified atom stereocenters. The van der Waals surface area contributed by atoms with Crippen molar-refractivity contribution >= 4 is 51.0 Å².